The Labute approximate surface area is 115 Å². The molecule has 2 rings (SSSR count). The lowest BCUT2D eigenvalue weighted by atomic mass is 10.2. The third kappa shape index (κ3) is 2.79. The number of hydrogen-bond donors (Lipinski definition) is 0. The van der Waals surface area contributed by atoms with E-state index in [1.54, 1.807) is 24.3 Å². The molecule has 0 fully saturated rings. The Bertz CT molecular complexity index is 607. The molecular formula is C14H10ClNOS. The molecule has 0 amide bonds. The van der Waals surface area contributed by atoms with Crippen LogP contribution in [0.3, 0.4) is 0 Å². The molecule has 0 radical (unpaired) electrons. The summed E-state index contributed by atoms with van der Waals surface area (Å²) in [5.74, 6) is 1.17. The van der Waals surface area contributed by atoms with Gasteiger partial charge in [-0.3, -0.25) is 0 Å². The van der Waals surface area contributed by atoms with Gasteiger partial charge in [0.25, 0.3) is 0 Å². The van der Waals surface area contributed by atoms with Crippen LogP contribution in [0.25, 0.3) is 0 Å². The predicted octanol–water partition coefficient (Wildman–Crippen LogP) is 4.73. The third-order valence-electron chi connectivity index (χ3n) is 2.34. The SMILES string of the molecule is CSc1cccc(Oc2cccc(Cl)c2)c1C#N. The molecule has 0 bridgehead atoms. The smallest absolute Gasteiger partial charge is 0.146 e. The van der Waals surface area contributed by atoms with E-state index in [4.69, 9.17) is 16.3 Å². The van der Waals surface area contributed by atoms with Gasteiger partial charge >= 0.3 is 0 Å². The van der Waals surface area contributed by atoms with Crippen LogP contribution in [-0.2, 0) is 0 Å². The van der Waals surface area contributed by atoms with Crippen LogP contribution in [0, 0.1) is 11.3 Å². The summed E-state index contributed by atoms with van der Waals surface area (Å²) in [6, 6.07) is 14.8. The molecule has 0 aliphatic carbocycles. The molecule has 4 heteroatoms. The fraction of sp³-hybridized carbons (Fsp3) is 0.0714. The van der Waals surface area contributed by atoms with E-state index in [-0.39, 0.29) is 0 Å². The van der Waals surface area contributed by atoms with Crippen molar-refractivity contribution in [2.75, 3.05) is 6.26 Å². The lowest BCUT2D eigenvalue weighted by Crippen LogP contribution is -1.90. The maximum absolute atomic E-state index is 9.19. The van der Waals surface area contributed by atoms with Gasteiger partial charge in [-0.05, 0) is 36.6 Å². The number of rotatable bonds is 3. The normalized spacial score (nSPS) is 9.83. The van der Waals surface area contributed by atoms with Crippen molar-refractivity contribution in [2.24, 2.45) is 0 Å². The molecule has 0 aliphatic heterocycles. The van der Waals surface area contributed by atoms with Gasteiger partial charge in [0, 0.05) is 9.92 Å². The topological polar surface area (TPSA) is 33.0 Å². The summed E-state index contributed by atoms with van der Waals surface area (Å²) in [5, 5.41) is 9.80. The molecule has 0 spiro atoms. The monoisotopic (exact) mass is 275 g/mol. The highest BCUT2D eigenvalue weighted by Crippen LogP contribution is 2.32. The molecule has 0 unspecified atom stereocenters. The van der Waals surface area contributed by atoms with Crippen LogP contribution in [0.5, 0.6) is 11.5 Å². The molecule has 18 heavy (non-hydrogen) atoms. The average Bonchev–Trinajstić information content (AvgIpc) is 2.38. The molecule has 0 N–H and O–H groups in total. The van der Waals surface area contributed by atoms with Crippen molar-refractivity contribution in [3.63, 3.8) is 0 Å². The van der Waals surface area contributed by atoms with Gasteiger partial charge in [0.15, 0.2) is 0 Å². The Hall–Kier alpha value is -1.63. The fourth-order valence-electron chi connectivity index (χ4n) is 1.53. The molecule has 90 valence electrons. The van der Waals surface area contributed by atoms with Crippen molar-refractivity contribution in [1.29, 1.82) is 5.26 Å². The maximum atomic E-state index is 9.19. The van der Waals surface area contributed by atoms with E-state index in [2.05, 4.69) is 6.07 Å². The van der Waals surface area contributed by atoms with Crippen LogP contribution in [0.1, 0.15) is 5.56 Å². The molecule has 0 saturated heterocycles. The van der Waals surface area contributed by atoms with E-state index in [0.29, 0.717) is 22.1 Å². The van der Waals surface area contributed by atoms with Gasteiger partial charge in [-0.15, -0.1) is 11.8 Å². The number of thioether (sulfide) groups is 1. The first-order chi connectivity index (χ1) is 8.74. The van der Waals surface area contributed by atoms with E-state index < -0.39 is 0 Å². The molecule has 2 aromatic carbocycles. The molecule has 0 aromatic heterocycles. The lowest BCUT2D eigenvalue weighted by molar-refractivity contribution is 0.479. The van der Waals surface area contributed by atoms with E-state index in [1.807, 2.05) is 24.5 Å². The van der Waals surface area contributed by atoms with Crippen LogP contribution in [-0.4, -0.2) is 6.26 Å². The molecule has 0 aliphatic rings. The number of nitriles is 1. The minimum Gasteiger partial charge on any atom is -0.456 e. The summed E-state index contributed by atoms with van der Waals surface area (Å²) < 4.78 is 5.70. The number of hydrogen-bond acceptors (Lipinski definition) is 3. The molecule has 2 nitrogen and oxygen atoms in total. The predicted molar refractivity (Wildman–Crippen MR) is 74.5 cm³/mol. The summed E-state index contributed by atoms with van der Waals surface area (Å²) in [5.41, 5.74) is 0.546. The second-order valence-corrected chi connectivity index (χ2v) is 4.79. The zero-order chi connectivity index (χ0) is 13.0. The first-order valence-electron chi connectivity index (χ1n) is 5.25. The van der Waals surface area contributed by atoms with Crippen LogP contribution in [0.4, 0.5) is 0 Å². The van der Waals surface area contributed by atoms with Crippen LogP contribution in [0.2, 0.25) is 5.02 Å². The Morgan fingerprint density at radius 3 is 2.67 bits per heavy atom. The lowest BCUT2D eigenvalue weighted by Gasteiger charge is -2.09. The molecule has 0 saturated carbocycles. The number of halogens is 1. The number of benzene rings is 2. The van der Waals surface area contributed by atoms with Gasteiger partial charge in [-0.25, -0.2) is 0 Å². The third-order valence-corrected chi connectivity index (χ3v) is 3.36. The highest BCUT2D eigenvalue weighted by molar-refractivity contribution is 7.98. The van der Waals surface area contributed by atoms with E-state index >= 15 is 0 Å². The second kappa shape index (κ2) is 5.81. The van der Waals surface area contributed by atoms with Crippen molar-refractivity contribution in [1.82, 2.24) is 0 Å². The van der Waals surface area contributed by atoms with Crippen LogP contribution >= 0.6 is 23.4 Å². The summed E-state index contributed by atoms with van der Waals surface area (Å²) in [7, 11) is 0. The number of nitrogens with zero attached hydrogens (tertiary/aromatic N) is 1. The molecular weight excluding hydrogens is 266 g/mol. The minimum absolute atomic E-state index is 0.546. The highest BCUT2D eigenvalue weighted by Gasteiger charge is 2.09. The van der Waals surface area contributed by atoms with Gasteiger partial charge < -0.3 is 4.74 Å². The Morgan fingerprint density at radius 1 is 1.22 bits per heavy atom. The average molecular weight is 276 g/mol. The van der Waals surface area contributed by atoms with Gasteiger partial charge in [-0.1, -0.05) is 23.7 Å². The van der Waals surface area contributed by atoms with E-state index in [1.165, 1.54) is 11.8 Å². The van der Waals surface area contributed by atoms with Crippen LogP contribution < -0.4 is 4.74 Å². The standard InChI is InChI=1S/C14H10ClNOS/c1-18-14-7-3-6-13(12(14)9-16)17-11-5-2-4-10(15)8-11/h2-8H,1H3. The summed E-state index contributed by atoms with van der Waals surface area (Å²) in [6.07, 6.45) is 1.93. The number of ether oxygens (including phenoxy) is 1. The zero-order valence-electron chi connectivity index (χ0n) is 9.68. The second-order valence-electron chi connectivity index (χ2n) is 3.50. The summed E-state index contributed by atoms with van der Waals surface area (Å²) in [4.78, 5) is 0.900. The van der Waals surface area contributed by atoms with Crippen LogP contribution in [0.15, 0.2) is 47.4 Å². The first kappa shape index (κ1) is 12.8. The van der Waals surface area contributed by atoms with Gasteiger partial charge in [0.2, 0.25) is 0 Å². The largest absolute Gasteiger partial charge is 0.456 e. The van der Waals surface area contributed by atoms with Gasteiger partial charge in [-0.2, -0.15) is 5.26 Å². The van der Waals surface area contributed by atoms with Crippen molar-refractivity contribution in [3.8, 4) is 17.6 Å². The van der Waals surface area contributed by atoms with Gasteiger partial charge in [0.1, 0.15) is 23.1 Å². The van der Waals surface area contributed by atoms with Crippen molar-refractivity contribution in [3.05, 3.63) is 53.1 Å². The first-order valence-corrected chi connectivity index (χ1v) is 6.85. The molecule has 2 aromatic rings. The Kier molecular flexibility index (Phi) is 4.14. The highest BCUT2D eigenvalue weighted by atomic mass is 35.5. The van der Waals surface area contributed by atoms with E-state index in [9.17, 15) is 5.26 Å². The Morgan fingerprint density at radius 2 is 2.00 bits per heavy atom. The van der Waals surface area contributed by atoms with Crippen molar-refractivity contribution in [2.45, 2.75) is 4.90 Å². The molecule has 0 heterocycles. The van der Waals surface area contributed by atoms with Gasteiger partial charge in [0.05, 0.1) is 0 Å². The maximum Gasteiger partial charge on any atom is 0.146 e. The quantitative estimate of drug-likeness (QED) is 0.760. The summed E-state index contributed by atoms with van der Waals surface area (Å²) >= 11 is 7.41. The van der Waals surface area contributed by atoms with Crippen molar-refractivity contribution < 1.29 is 4.74 Å². The minimum atomic E-state index is 0.546. The van der Waals surface area contributed by atoms with Crippen molar-refractivity contribution >= 4 is 23.4 Å². The van der Waals surface area contributed by atoms with E-state index in [0.717, 1.165) is 4.90 Å². The fourth-order valence-corrected chi connectivity index (χ4v) is 2.28. The summed E-state index contributed by atoms with van der Waals surface area (Å²) in [6.45, 7) is 0. The zero-order valence-corrected chi connectivity index (χ0v) is 11.3. The molecule has 0 atom stereocenters. The Balaban J connectivity index is 2.38.